The van der Waals surface area contributed by atoms with Gasteiger partial charge in [-0.25, -0.2) is 0 Å². The summed E-state index contributed by atoms with van der Waals surface area (Å²) in [6.07, 6.45) is 14.5. The molecule has 8 nitrogen and oxygen atoms in total. The van der Waals surface area contributed by atoms with Crippen LogP contribution in [0, 0.1) is 0 Å². The first-order chi connectivity index (χ1) is 19.7. The van der Waals surface area contributed by atoms with E-state index in [4.69, 9.17) is 5.73 Å². The minimum Gasteiger partial charge on any atom is -0.368 e. The molecule has 0 radical (unpaired) electrons. The van der Waals surface area contributed by atoms with E-state index >= 15 is 0 Å². The smallest absolute Gasteiger partial charge is 0.248 e. The Morgan fingerprint density at radius 3 is 2.42 bits per heavy atom. The van der Waals surface area contributed by atoms with Crippen molar-refractivity contribution in [1.29, 1.82) is 0 Å². The van der Waals surface area contributed by atoms with Crippen LogP contribution in [0.3, 0.4) is 0 Å². The molecule has 0 unspecified atom stereocenters. The van der Waals surface area contributed by atoms with Crippen molar-refractivity contribution < 1.29 is 0 Å². The lowest BCUT2D eigenvalue weighted by molar-refractivity contribution is 0.321. The number of hydrogen-bond acceptors (Lipinski definition) is 7. The molecule has 0 saturated heterocycles. The Bertz CT molecular complexity index is 1500. The number of aromatic nitrogens is 5. The van der Waals surface area contributed by atoms with Crippen molar-refractivity contribution in [3.63, 3.8) is 0 Å². The van der Waals surface area contributed by atoms with Crippen LogP contribution in [0.25, 0.3) is 17.1 Å². The highest BCUT2D eigenvalue weighted by atomic mass is 15.4. The van der Waals surface area contributed by atoms with Crippen LogP contribution in [0.5, 0.6) is 0 Å². The summed E-state index contributed by atoms with van der Waals surface area (Å²) in [5.74, 6) is 1.34. The van der Waals surface area contributed by atoms with Gasteiger partial charge in [-0.2, -0.15) is 9.67 Å². The zero-order chi connectivity index (χ0) is 26.9. The second-order valence-corrected chi connectivity index (χ2v) is 11.7. The van der Waals surface area contributed by atoms with E-state index in [1.165, 1.54) is 72.8 Å². The monoisotopic (exact) mass is 534 g/mol. The molecule has 0 aliphatic heterocycles. The van der Waals surface area contributed by atoms with Crippen LogP contribution in [0.4, 0.5) is 17.6 Å². The fourth-order valence-corrected chi connectivity index (χ4v) is 6.81. The molecule has 2 aromatic heterocycles. The molecule has 2 heterocycles. The first-order valence-electron chi connectivity index (χ1n) is 15.0. The van der Waals surface area contributed by atoms with Gasteiger partial charge < -0.3 is 16.4 Å². The van der Waals surface area contributed by atoms with Crippen LogP contribution in [0.15, 0.2) is 48.5 Å². The van der Waals surface area contributed by atoms with Crippen LogP contribution >= 0.6 is 0 Å². The number of hydrogen-bond donors (Lipinski definition) is 3. The molecule has 3 aliphatic carbocycles. The first kappa shape index (κ1) is 25.2. The Morgan fingerprint density at radius 2 is 1.52 bits per heavy atom. The zero-order valence-corrected chi connectivity index (χ0v) is 23.1. The van der Waals surface area contributed by atoms with E-state index < -0.39 is 0 Å². The molecule has 0 bridgehead atoms. The topological polar surface area (TPSA) is 107 Å². The largest absolute Gasteiger partial charge is 0.368 e. The van der Waals surface area contributed by atoms with Crippen LogP contribution in [-0.4, -0.2) is 37.0 Å². The molecule has 8 heteroatoms. The first-order valence-corrected chi connectivity index (χ1v) is 15.0. The lowest BCUT2D eigenvalue weighted by Crippen LogP contribution is -2.39. The number of fused-ring (bicyclic) bond motifs is 4. The second-order valence-electron chi connectivity index (χ2n) is 11.7. The van der Waals surface area contributed by atoms with Gasteiger partial charge in [0, 0.05) is 23.3 Å². The minimum atomic E-state index is 0.289. The number of nitrogen functional groups attached to an aromatic ring is 1. The maximum Gasteiger partial charge on any atom is 0.248 e. The molecule has 2 aromatic carbocycles. The van der Waals surface area contributed by atoms with Crippen molar-refractivity contribution in [3.05, 3.63) is 70.8 Å². The van der Waals surface area contributed by atoms with Gasteiger partial charge >= 0.3 is 0 Å². The quantitative estimate of drug-likeness (QED) is 0.282. The van der Waals surface area contributed by atoms with Crippen molar-refractivity contribution in [1.82, 2.24) is 30.3 Å². The van der Waals surface area contributed by atoms with Crippen molar-refractivity contribution in [2.75, 3.05) is 11.1 Å². The van der Waals surface area contributed by atoms with Gasteiger partial charge in [-0.3, -0.25) is 0 Å². The Balaban J connectivity index is 1.06. The van der Waals surface area contributed by atoms with Gasteiger partial charge in [0.25, 0.3) is 0 Å². The maximum atomic E-state index is 6.31. The summed E-state index contributed by atoms with van der Waals surface area (Å²) >= 11 is 0. The van der Waals surface area contributed by atoms with E-state index in [1.54, 1.807) is 4.68 Å². The Morgan fingerprint density at radius 1 is 0.725 bits per heavy atom. The number of rotatable bonds is 5. The average molecular weight is 535 g/mol. The number of anilines is 3. The van der Waals surface area contributed by atoms with Gasteiger partial charge in [0.05, 0.1) is 5.69 Å². The van der Waals surface area contributed by atoms with Crippen LogP contribution in [0.1, 0.15) is 73.6 Å². The second kappa shape index (κ2) is 11.0. The van der Waals surface area contributed by atoms with Gasteiger partial charge in [0.1, 0.15) is 0 Å². The van der Waals surface area contributed by atoms with Gasteiger partial charge in [-0.1, -0.05) is 49.6 Å². The SMILES string of the molecule is Nc1nc(Nc2ccc3c(c2)CC[C@H](NC2CCCCC2)CC3)nn1-c1cc2c(nn1)-c1ccccc1CCC2. The molecule has 4 aromatic rings. The summed E-state index contributed by atoms with van der Waals surface area (Å²) < 4.78 is 1.58. The van der Waals surface area contributed by atoms with E-state index in [1.807, 2.05) is 0 Å². The molecule has 7 rings (SSSR count). The third-order valence-electron chi connectivity index (χ3n) is 8.94. The number of nitrogens with two attached hydrogens (primary N) is 1. The third-order valence-corrected chi connectivity index (χ3v) is 8.94. The number of nitrogens with one attached hydrogen (secondary N) is 2. The summed E-state index contributed by atoms with van der Waals surface area (Å²) in [5.41, 5.74) is 14.8. The Hall–Kier alpha value is -3.78. The molecule has 1 saturated carbocycles. The Kier molecular flexibility index (Phi) is 6.93. The van der Waals surface area contributed by atoms with E-state index in [2.05, 4.69) is 79.4 Å². The van der Waals surface area contributed by atoms with E-state index in [9.17, 15) is 0 Å². The summed E-state index contributed by atoms with van der Waals surface area (Å²) in [6, 6.07) is 18.5. The zero-order valence-electron chi connectivity index (χ0n) is 23.1. The van der Waals surface area contributed by atoms with Crippen molar-refractivity contribution in [2.45, 2.75) is 89.1 Å². The molecular weight excluding hydrogens is 496 g/mol. The molecule has 3 aliphatic rings. The summed E-state index contributed by atoms with van der Waals surface area (Å²) in [4.78, 5) is 4.50. The molecule has 1 atom stereocenters. The van der Waals surface area contributed by atoms with Crippen LogP contribution in [0.2, 0.25) is 0 Å². The predicted molar refractivity (Wildman–Crippen MR) is 159 cm³/mol. The van der Waals surface area contributed by atoms with Crippen LogP contribution < -0.4 is 16.4 Å². The van der Waals surface area contributed by atoms with Gasteiger partial charge in [-0.05, 0) is 98.2 Å². The third kappa shape index (κ3) is 5.20. The van der Waals surface area contributed by atoms with E-state index in [0.717, 1.165) is 43.5 Å². The number of benzene rings is 2. The summed E-state index contributed by atoms with van der Waals surface area (Å²) in [5, 5.41) is 21.1. The lowest BCUT2D eigenvalue weighted by atomic mass is 9.94. The molecule has 1 fully saturated rings. The molecule has 0 amide bonds. The average Bonchev–Trinajstić information content (AvgIpc) is 3.12. The summed E-state index contributed by atoms with van der Waals surface area (Å²) in [7, 11) is 0. The van der Waals surface area contributed by atoms with Gasteiger partial charge in [0.15, 0.2) is 5.82 Å². The fourth-order valence-electron chi connectivity index (χ4n) is 6.81. The van der Waals surface area contributed by atoms with Crippen molar-refractivity contribution >= 4 is 17.6 Å². The highest BCUT2D eigenvalue weighted by Gasteiger charge is 2.22. The lowest BCUT2D eigenvalue weighted by Gasteiger charge is -2.28. The molecule has 4 N–H and O–H groups in total. The van der Waals surface area contributed by atoms with Crippen LogP contribution in [-0.2, 0) is 25.7 Å². The fraction of sp³-hybridized carbons (Fsp3) is 0.438. The molecule has 0 spiro atoms. The highest BCUT2D eigenvalue weighted by Crippen LogP contribution is 2.32. The van der Waals surface area contributed by atoms with Crippen molar-refractivity contribution in [3.8, 4) is 17.1 Å². The molecule has 206 valence electrons. The van der Waals surface area contributed by atoms with E-state index in [-0.39, 0.29) is 5.95 Å². The summed E-state index contributed by atoms with van der Waals surface area (Å²) in [6.45, 7) is 0. The molecular formula is C32H38N8. The maximum absolute atomic E-state index is 6.31. The van der Waals surface area contributed by atoms with E-state index in [0.29, 0.717) is 23.8 Å². The predicted octanol–water partition coefficient (Wildman–Crippen LogP) is 5.71. The minimum absolute atomic E-state index is 0.289. The number of aryl methyl sites for hydroxylation is 4. The van der Waals surface area contributed by atoms with Crippen molar-refractivity contribution in [2.24, 2.45) is 0 Å². The number of nitrogens with zero attached hydrogens (tertiary/aromatic N) is 5. The highest BCUT2D eigenvalue weighted by molar-refractivity contribution is 5.68. The standard InChI is InChI=1S/C32H38N8/c33-31-36-32(39-40(31)29-20-24-9-6-8-22-7-4-5-12-28(22)30(24)38-37-29)35-27-18-14-21-13-16-26(17-15-23(21)19-27)34-25-10-2-1-3-11-25/h4-5,7,12,14,18-20,25-26,34H,1-3,6,8-11,13,15-17H2,(H3,33,35,36,39)/t26-/m1/s1. The van der Waals surface area contributed by atoms with Gasteiger partial charge in [-0.15, -0.1) is 15.3 Å². The Labute approximate surface area is 235 Å². The molecule has 40 heavy (non-hydrogen) atoms. The van der Waals surface area contributed by atoms with Gasteiger partial charge in [0.2, 0.25) is 11.9 Å². The normalized spacial score (nSPS) is 19.1.